The van der Waals surface area contributed by atoms with Crippen LogP contribution in [-0.4, -0.2) is 27.1 Å². The van der Waals surface area contributed by atoms with Crippen molar-refractivity contribution in [3.63, 3.8) is 0 Å². The molecule has 0 bridgehead atoms. The number of carbonyl (C=O) groups is 1. The molecule has 0 aliphatic carbocycles. The van der Waals surface area contributed by atoms with Crippen LogP contribution in [0.4, 0.5) is 14.5 Å². The predicted molar refractivity (Wildman–Crippen MR) is 113 cm³/mol. The lowest BCUT2D eigenvalue weighted by Gasteiger charge is -2.14. The van der Waals surface area contributed by atoms with Crippen LogP contribution in [0.2, 0.25) is 0 Å². The highest BCUT2D eigenvalue weighted by atomic mass is 19.3. The molecule has 8 heteroatoms. The van der Waals surface area contributed by atoms with Gasteiger partial charge in [-0.15, -0.1) is 0 Å². The van der Waals surface area contributed by atoms with Crippen molar-refractivity contribution >= 4 is 17.2 Å². The maximum Gasteiger partial charge on any atom is 0.387 e. The number of nitrogens with zero attached hydrogens (tertiary/aromatic N) is 3. The Hall–Kier alpha value is -3.81. The van der Waals surface area contributed by atoms with Crippen molar-refractivity contribution in [2.45, 2.75) is 26.9 Å². The van der Waals surface area contributed by atoms with Crippen LogP contribution in [-0.2, 0) is 6.42 Å². The second-order valence-corrected chi connectivity index (χ2v) is 7.13. The summed E-state index contributed by atoms with van der Waals surface area (Å²) in [4.78, 5) is 17.2. The number of hydrogen-bond donors (Lipinski definition) is 1. The average molecular weight is 422 g/mol. The van der Waals surface area contributed by atoms with Crippen LogP contribution in [0, 0.1) is 13.8 Å². The fourth-order valence-electron chi connectivity index (χ4n) is 3.41. The number of rotatable bonds is 6. The molecular weight excluding hydrogens is 402 g/mol. The van der Waals surface area contributed by atoms with Crippen LogP contribution in [0.1, 0.15) is 32.9 Å². The van der Waals surface area contributed by atoms with Crippen molar-refractivity contribution < 1.29 is 18.3 Å². The summed E-state index contributed by atoms with van der Waals surface area (Å²) in [7, 11) is 0. The number of ether oxygens (including phenoxy) is 1. The molecule has 0 aliphatic rings. The van der Waals surface area contributed by atoms with E-state index >= 15 is 0 Å². The van der Waals surface area contributed by atoms with E-state index in [1.165, 1.54) is 18.3 Å². The molecule has 0 saturated heterocycles. The van der Waals surface area contributed by atoms with Crippen LogP contribution in [0.5, 0.6) is 5.75 Å². The third kappa shape index (κ3) is 4.53. The minimum Gasteiger partial charge on any atom is -0.435 e. The normalized spacial score (nSPS) is 11.1. The topological polar surface area (TPSA) is 68.5 Å². The van der Waals surface area contributed by atoms with Gasteiger partial charge in [0.1, 0.15) is 5.75 Å². The van der Waals surface area contributed by atoms with Gasteiger partial charge in [0, 0.05) is 29.9 Å². The van der Waals surface area contributed by atoms with Crippen LogP contribution in [0.25, 0.3) is 5.65 Å². The molecule has 1 amide bonds. The van der Waals surface area contributed by atoms with Gasteiger partial charge in [-0.05, 0) is 37.6 Å². The fourth-order valence-corrected chi connectivity index (χ4v) is 3.41. The number of benzene rings is 2. The van der Waals surface area contributed by atoms with E-state index in [0.29, 0.717) is 34.6 Å². The molecule has 0 saturated carbocycles. The first-order valence-corrected chi connectivity index (χ1v) is 9.65. The van der Waals surface area contributed by atoms with Gasteiger partial charge < -0.3 is 10.1 Å². The number of fused-ring (bicyclic) bond motifs is 1. The van der Waals surface area contributed by atoms with Crippen molar-refractivity contribution in [2.75, 3.05) is 5.32 Å². The van der Waals surface area contributed by atoms with Gasteiger partial charge >= 0.3 is 6.61 Å². The monoisotopic (exact) mass is 422 g/mol. The van der Waals surface area contributed by atoms with Gasteiger partial charge in [0.25, 0.3) is 5.91 Å². The fraction of sp³-hybridized carbons (Fsp3) is 0.174. The van der Waals surface area contributed by atoms with Gasteiger partial charge in [0.05, 0.1) is 17.0 Å². The molecule has 0 fully saturated rings. The van der Waals surface area contributed by atoms with Crippen LogP contribution >= 0.6 is 0 Å². The molecular formula is C23H20F2N4O2. The SMILES string of the molecule is Cc1cc2ncc(C(=O)Nc3ccc(OC(F)F)c(Cc4ccccc4)c3)c(C)n2n1. The Morgan fingerprint density at radius 1 is 1.13 bits per heavy atom. The molecule has 4 rings (SSSR count). The largest absolute Gasteiger partial charge is 0.435 e. The number of carbonyl (C=O) groups excluding carboxylic acids is 1. The van der Waals surface area contributed by atoms with Gasteiger partial charge in [-0.25, -0.2) is 9.50 Å². The minimum absolute atomic E-state index is 0.0723. The smallest absolute Gasteiger partial charge is 0.387 e. The molecule has 31 heavy (non-hydrogen) atoms. The van der Waals surface area contributed by atoms with E-state index in [4.69, 9.17) is 0 Å². The zero-order valence-corrected chi connectivity index (χ0v) is 17.0. The number of halogens is 2. The van der Waals surface area contributed by atoms with Crippen molar-refractivity contribution in [1.82, 2.24) is 14.6 Å². The Labute approximate surface area is 177 Å². The second kappa shape index (κ2) is 8.51. The highest BCUT2D eigenvalue weighted by Crippen LogP contribution is 2.27. The summed E-state index contributed by atoms with van der Waals surface area (Å²) in [6.45, 7) is 0.703. The molecule has 0 radical (unpaired) electrons. The second-order valence-electron chi connectivity index (χ2n) is 7.13. The average Bonchev–Trinajstić information content (AvgIpc) is 3.12. The molecule has 0 unspecified atom stereocenters. The number of hydrogen-bond acceptors (Lipinski definition) is 4. The number of anilines is 1. The zero-order valence-electron chi connectivity index (χ0n) is 17.0. The molecule has 2 aromatic heterocycles. The van der Waals surface area contributed by atoms with Crippen molar-refractivity contribution in [3.05, 3.63) is 88.9 Å². The highest BCUT2D eigenvalue weighted by Gasteiger charge is 2.16. The van der Waals surface area contributed by atoms with E-state index in [0.717, 1.165) is 11.3 Å². The van der Waals surface area contributed by atoms with Gasteiger partial charge in [-0.1, -0.05) is 30.3 Å². The van der Waals surface area contributed by atoms with E-state index in [2.05, 4.69) is 20.1 Å². The Bertz CT molecular complexity index is 1240. The maximum atomic E-state index is 12.9. The van der Waals surface area contributed by atoms with Gasteiger partial charge in [0.15, 0.2) is 5.65 Å². The molecule has 0 aliphatic heterocycles. The van der Waals surface area contributed by atoms with Crippen LogP contribution in [0.3, 0.4) is 0 Å². The Morgan fingerprint density at radius 3 is 2.65 bits per heavy atom. The third-order valence-corrected chi connectivity index (χ3v) is 4.86. The number of aromatic nitrogens is 3. The first kappa shape index (κ1) is 20.5. The van der Waals surface area contributed by atoms with E-state index in [9.17, 15) is 13.6 Å². The standard InChI is InChI=1S/C23H20F2N4O2/c1-14-10-21-26-13-19(15(2)29(21)28-14)22(30)27-18-8-9-20(31-23(24)25)17(12-18)11-16-6-4-3-5-7-16/h3-10,12-13,23H,11H2,1-2H3,(H,27,30). The number of aryl methyl sites for hydroxylation is 2. The lowest BCUT2D eigenvalue weighted by molar-refractivity contribution is -0.0503. The molecule has 2 heterocycles. The summed E-state index contributed by atoms with van der Waals surface area (Å²) in [5.41, 5.74) is 4.42. The summed E-state index contributed by atoms with van der Waals surface area (Å²) in [6, 6.07) is 15.9. The Kier molecular flexibility index (Phi) is 5.62. The molecule has 6 nitrogen and oxygen atoms in total. The van der Waals surface area contributed by atoms with E-state index < -0.39 is 6.61 Å². The maximum absolute atomic E-state index is 12.9. The lowest BCUT2D eigenvalue weighted by atomic mass is 10.0. The van der Waals surface area contributed by atoms with Gasteiger partial charge in [0.2, 0.25) is 0 Å². The molecule has 2 aromatic carbocycles. The molecule has 158 valence electrons. The van der Waals surface area contributed by atoms with E-state index in [1.807, 2.05) is 43.3 Å². The summed E-state index contributed by atoms with van der Waals surface area (Å²) in [5.74, 6) is -0.295. The lowest BCUT2D eigenvalue weighted by Crippen LogP contribution is -2.16. The van der Waals surface area contributed by atoms with E-state index in [1.54, 1.807) is 17.5 Å². The quantitative estimate of drug-likeness (QED) is 0.485. The van der Waals surface area contributed by atoms with Gasteiger partial charge in [-0.2, -0.15) is 13.9 Å². The summed E-state index contributed by atoms with van der Waals surface area (Å²) < 4.78 is 32.0. The summed E-state index contributed by atoms with van der Waals surface area (Å²) in [6.07, 6.45) is 1.88. The molecule has 0 spiro atoms. The Morgan fingerprint density at radius 2 is 1.90 bits per heavy atom. The van der Waals surface area contributed by atoms with Crippen molar-refractivity contribution in [1.29, 1.82) is 0 Å². The number of amides is 1. The zero-order chi connectivity index (χ0) is 22.0. The van der Waals surface area contributed by atoms with Crippen LogP contribution < -0.4 is 10.1 Å². The van der Waals surface area contributed by atoms with E-state index in [-0.39, 0.29) is 11.7 Å². The predicted octanol–water partition coefficient (Wildman–Crippen LogP) is 4.79. The Balaban J connectivity index is 1.62. The van der Waals surface area contributed by atoms with Gasteiger partial charge in [-0.3, -0.25) is 4.79 Å². The van der Waals surface area contributed by atoms with Crippen LogP contribution in [0.15, 0.2) is 60.8 Å². The molecule has 0 atom stereocenters. The first-order chi connectivity index (χ1) is 14.9. The number of alkyl halides is 2. The third-order valence-electron chi connectivity index (χ3n) is 4.86. The molecule has 4 aromatic rings. The van der Waals surface area contributed by atoms with Crippen molar-refractivity contribution in [2.24, 2.45) is 0 Å². The number of nitrogens with one attached hydrogen (secondary N) is 1. The van der Waals surface area contributed by atoms with Crippen molar-refractivity contribution in [3.8, 4) is 5.75 Å². The minimum atomic E-state index is -2.94. The first-order valence-electron chi connectivity index (χ1n) is 9.65. The summed E-state index contributed by atoms with van der Waals surface area (Å²) in [5, 5.41) is 7.16. The summed E-state index contributed by atoms with van der Waals surface area (Å²) >= 11 is 0. The molecule has 1 N–H and O–H groups in total. The highest BCUT2D eigenvalue weighted by molar-refractivity contribution is 6.05.